The molecule has 6 nitrogen and oxygen atoms in total. The maximum atomic E-state index is 12.3. The molecular weight excluding hydrogens is 338 g/mol. The van der Waals surface area contributed by atoms with Crippen molar-refractivity contribution >= 4 is 39.8 Å². The normalized spacial score (nSPS) is 10.6. The van der Waals surface area contributed by atoms with Crippen LogP contribution in [0.4, 0.5) is 0 Å². The lowest BCUT2D eigenvalue weighted by molar-refractivity contribution is -0.121. The number of carbonyl (C=O) groups excluding carboxylic acids is 3. The third kappa shape index (κ3) is 3.77. The van der Waals surface area contributed by atoms with Gasteiger partial charge in [-0.1, -0.05) is 24.3 Å². The Bertz CT molecular complexity index is 928. The molecule has 0 aliphatic rings. The number of aromatic nitrogens is 1. The first-order valence-electron chi connectivity index (χ1n) is 7.76. The highest BCUT2D eigenvalue weighted by Gasteiger charge is 2.15. The molecule has 128 valence electrons. The lowest BCUT2D eigenvalue weighted by Crippen LogP contribution is -2.41. The van der Waals surface area contributed by atoms with Crippen molar-refractivity contribution in [3.8, 4) is 0 Å². The van der Waals surface area contributed by atoms with E-state index < -0.39 is 11.8 Å². The van der Waals surface area contributed by atoms with E-state index in [9.17, 15) is 14.4 Å². The minimum Gasteiger partial charge on any atom is -0.350 e. The number of ketones is 1. The first-order chi connectivity index (χ1) is 12.1. The maximum Gasteiger partial charge on any atom is 0.271 e. The maximum absolute atomic E-state index is 12.3. The van der Waals surface area contributed by atoms with Crippen molar-refractivity contribution in [2.75, 3.05) is 0 Å². The molecule has 25 heavy (non-hydrogen) atoms. The Morgan fingerprint density at radius 1 is 1.04 bits per heavy atom. The van der Waals surface area contributed by atoms with Crippen LogP contribution >= 0.6 is 11.3 Å². The van der Waals surface area contributed by atoms with Crippen molar-refractivity contribution in [3.63, 3.8) is 0 Å². The predicted molar refractivity (Wildman–Crippen MR) is 96.4 cm³/mol. The Labute approximate surface area is 148 Å². The van der Waals surface area contributed by atoms with Gasteiger partial charge in [-0.3, -0.25) is 25.2 Å². The zero-order chi connectivity index (χ0) is 17.8. The van der Waals surface area contributed by atoms with E-state index in [0.717, 1.165) is 10.9 Å². The SMILES string of the molecule is Cn1cc(C(=O)NNC(=O)CCC(=O)c2cccs2)c2ccccc21. The molecule has 0 atom stereocenters. The van der Waals surface area contributed by atoms with E-state index in [0.29, 0.717) is 10.4 Å². The standard InChI is InChI=1S/C18H17N3O3S/c1-21-11-13(12-5-2-3-6-14(12)21)18(24)20-19-17(23)9-8-15(22)16-7-4-10-25-16/h2-7,10-11H,8-9H2,1H3,(H,19,23)(H,20,24). The van der Waals surface area contributed by atoms with E-state index in [4.69, 9.17) is 0 Å². The number of hydrogen-bond acceptors (Lipinski definition) is 4. The van der Waals surface area contributed by atoms with Crippen LogP contribution in [0.2, 0.25) is 0 Å². The third-order valence-corrected chi connectivity index (χ3v) is 4.74. The van der Waals surface area contributed by atoms with Gasteiger partial charge in [0.05, 0.1) is 10.4 Å². The van der Waals surface area contributed by atoms with Gasteiger partial charge in [0, 0.05) is 37.0 Å². The lowest BCUT2D eigenvalue weighted by atomic mass is 10.2. The second kappa shape index (κ2) is 7.31. The van der Waals surface area contributed by atoms with Crippen LogP contribution in [0.5, 0.6) is 0 Å². The van der Waals surface area contributed by atoms with Crippen LogP contribution in [0.15, 0.2) is 48.0 Å². The molecular formula is C18H17N3O3S. The van der Waals surface area contributed by atoms with Crippen molar-refractivity contribution in [2.45, 2.75) is 12.8 Å². The van der Waals surface area contributed by atoms with Crippen LogP contribution in [0, 0.1) is 0 Å². The number of nitrogens with zero attached hydrogens (tertiary/aromatic N) is 1. The second-order valence-electron chi connectivity index (χ2n) is 5.57. The van der Waals surface area contributed by atoms with Gasteiger partial charge >= 0.3 is 0 Å². The molecule has 0 radical (unpaired) electrons. The number of fused-ring (bicyclic) bond motifs is 1. The van der Waals surface area contributed by atoms with Gasteiger partial charge in [-0.05, 0) is 17.5 Å². The predicted octanol–water partition coefficient (Wildman–Crippen LogP) is 2.66. The van der Waals surface area contributed by atoms with Gasteiger partial charge in [0.25, 0.3) is 5.91 Å². The summed E-state index contributed by atoms with van der Waals surface area (Å²) in [6.45, 7) is 0. The molecule has 0 aliphatic heterocycles. The molecule has 0 aliphatic carbocycles. The first-order valence-corrected chi connectivity index (χ1v) is 8.64. The second-order valence-corrected chi connectivity index (χ2v) is 6.52. The molecule has 3 aromatic rings. The number of thiophene rings is 1. The number of rotatable bonds is 5. The number of Topliss-reactive ketones (excluding diaryl/α,β-unsaturated/α-hetero) is 1. The van der Waals surface area contributed by atoms with Gasteiger partial charge in [0.1, 0.15) is 0 Å². The van der Waals surface area contributed by atoms with E-state index in [1.165, 1.54) is 11.3 Å². The highest BCUT2D eigenvalue weighted by molar-refractivity contribution is 7.12. The average molecular weight is 355 g/mol. The van der Waals surface area contributed by atoms with Crippen LogP contribution < -0.4 is 10.9 Å². The summed E-state index contributed by atoms with van der Waals surface area (Å²) in [6, 6.07) is 11.0. The summed E-state index contributed by atoms with van der Waals surface area (Å²) in [7, 11) is 1.86. The number of benzene rings is 1. The van der Waals surface area contributed by atoms with Crippen LogP contribution in [0.3, 0.4) is 0 Å². The van der Waals surface area contributed by atoms with Crippen molar-refractivity contribution in [3.05, 3.63) is 58.4 Å². The molecule has 0 spiro atoms. The average Bonchev–Trinajstić information content (AvgIpc) is 3.26. The third-order valence-electron chi connectivity index (χ3n) is 3.83. The summed E-state index contributed by atoms with van der Waals surface area (Å²) in [4.78, 5) is 36.6. The summed E-state index contributed by atoms with van der Waals surface area (Å²) in [5.74, 6) is -0.876. The van der Waals surface area contributed by atoms with Crippen LogP contribution in [-0.4, -0.2) is 22.2 Å². The summed E-state index contributed by atoms with van der Waals surface area (Å²) in [5.41, 5.74) is 6.17. The molecule has 0 fully saturated rings. The summed E-state index contributed by atoms with van der Waals surface area (Å²) in [5, 5.41) is 2.63. The quantitative estimate of drug-likeness (QED) is 0.545. The lowest BCUT2D eigenvalue weighted by Gasteiger charge is -2.06. The molecule has 0 unspecified atom stereocenters. The van der Waals surface area contributed by atoms with Gasteiger partial charge < -0.3 is 4.57 Å². The number of hydrogen-bond donors (Lipinski definition) is 2. The molecule has 0 bridgehead atoms. The highest BCUT2D eigenvalue weighted by Crippen LogP contribution is 2.19. The topological polar surface area (TPSA) is 80.2 Å². The molecule has 1 aromatic carbocycles. The molecule has 0 saturated carbocycles. The van der Waals surface area contributed by atoms with Gasteiger partial charge in [-0.15, -0.1) is 11.3 Å². The fourth-order valence-electron chi connectivity index (χ4n) is 2.57. The van der Waals surface area contributed by atoms with Gasteiger partial charge in [0.15, 0.2) is 5.78 Å². The van der Waals surface area contributed by atoms with E-state index in [2.05, 4.69) is 10.9 Å². The molecule has 2 heterocycles. The smallest absolute Gasteiger partial charge is 0.271 e. The summed E-state index contributed by atoms with van der Waals surface area (Å²) >= 11 is 1.35. The van der Waals surface area contributed by atoms with Gasteiger partial charge in [-0.25, -0.2) is 0 Å². The Hall–Kier alpha value is -2.93. The first kappa shape index (κ1) is 16.9. The zero-order valence-electron chi connectivity index (χ0n) is 13.6. The van der Waals surface area contributed by atoms with Crippen LogP contribution in [0.1, 0.15) is 32.9 Å². The minimum atomic E-state index is -0.404. The number of para-hydroxylation sites is 1. The minimum absolute atomic E-state index is 0.0204. The van der Waals surface area contributed by atoms with Crippen molar-refractivity contribution < 1.29 is 14.4 Å². The van der Waals surface area contributed by atoms with Crippen LogP contribution in [0.25, 0.3) is 10.9 Å². The number of hydrazine groups is 1. The number of aryl methyl sites for hydroxylation is 1. The molecule has 7 heteroatoms. The molecule has 2 aromatic heterocycles. The monoisotopic (exact) mass is 355 g/mol. The Morgan fingerprint density at radius 3 is 2.60 bits per heavy atom. The van der Waals surface area contributed by atoms with Gasteiger partial charge in [-0.2, -0.15) is 0 Å². The van der Waals surface area contributed by atoms with Crippen molar-refractivity contribution in [2.24, 2.45) is 7.05 Å². The Kier molecular flexibility index (Phi) is 4.95. The highest BCUT2D eigenvalue weighted by atomic mass is 32.1. The summed E-state index contributed by atoms with van der Waals surface area (Å²) < 4.78 is 1.85. The molecule has 0 saturated heterocycles. The fourth-order valence-corrected chi connectivity index (χ4v) is 3.26. The zero-order valence-corrected chi connectivity index (χ0v) is 14.4. The molecule has 2 N–H and O–H groups in total. The summed E-state index contributed by atoms with van der Waals surface area (Å²) in [6.07, 6.45) is 1.84. The largest absolute Gasteiger partial charge is 0.350 e. The van der Waals surface area contributed by atoms with E-state index in [1.54, 1.807) is 18.3 Å². The Morgan fingerprint density at radius 2 is 1.84 bits per heavy atom. The fraction of sp³-hybridized carbons (Fsp3) is 0.167. The Balaban J connectivity index is 1.55. The van der Waals surface area contributed by atoms with Crippen molar-refractivity contribution in [1.29, 1.82) is 0 Å². The van der Waals surface area contributed by atoms with E-state index in [-0.39, 0.29) is 18.6 Å². The van der Waals surface area contributed by atoms with Gasteiger partial charge in [0.2, 0.25) is 5.91 Å². The number of amides is 2. The molecule has 2 amide bonds. The van der Waals surface area contributed by atoms with E-state index >= 15 is 0 Å². The van der Waals surface area contributed by atoms with E-state index in [1.807, 2.05) is 41.3 Å². The number of carbonyl (C=O) groups is 3. The number of nitrogens with one attached hydrogen (secondary N) is 2. The van der Waals surface area contributed by atoms with Crippen LogP contribution in [-0.2, 0) is 11.8 Å². The van der Waals surface area contributed by atoms with Crippen molar-refractivity contribution in [1.82, 2.24) is 15.4 Å². The molecule has 3 rings (SSSR count).